The van der Waals surface area contributed by atoms with Crippen LogP contribution in [0.1, 0.15) is 16.1 Å². The fourth-order valence-electron chi connectivity index (χ4n) is 2.34. The molecule has 1 saturated heterocycles. The van der Waals surface area contributed by atoms with Gasteiger partial charge in [-0.15, -0.1) is 0 Å². The van der Waals surface area contributed by atoms with Crippen LogP contribution >= 0.6 is 0 Å². The van der Waals surface area contributed by atoms with Crippen molar-refractivity contribution in [2.24, 2.45) is 0 Å². The lowest BCUT2D eigenvalue weighted by atomic mass is 10.2. The summed E-state index contributed by atoms with van der Waals surface area (Å²) in [5.74, 6) is 0.527. The zero-order valence-electron chi connectivity index (χ0n) is 12.5. The minimum atomic E-state index is -0.230. The van der Waals surface area contributed by atoms with Crippen molar-refractivity contribution in [3.63, 3.8) is 0 Å². The molecule has 1 N–H and O–H groups in total. The lowest BCUT2D eigenvalue weighted by molar-refractivity contribution is 0.102. The van der Waals surface area contributed by atoms with Crippen molar-refractivity contribution >= 4 is 17.4 Å². The molecule has 6 nitrogen and oxygen atoms in total. The number of carbonyl (C=O) groups excluding carboxylic acids is 1. The Morgan fingerprint density at radius 1 is 1.23 bits per heavy atom. The van der Waals surface area contributed by atoms with Crippen molar-refractivity contribution in [3.05, 3.63) is 47.9 Å². The largest absolute Gasteiger partial charge is 0.378 e. The van der Waals surface area contributed by atoms with Crippen LogP contribution in [0.2, 0.25) is 0 Å². The molecule has 1 aromatic heterocycles. The second-order valence-corrected chi connectivity index (χ2v) is 5.13. The molecular formula is C16H18N4O2. The fourth-order valence-corrected chi connectivity index (χ4v) is 2.34. The lowest BCUT2D eigenvalue weighted by Gasteiger charge is -2.27. The minimum absolute atomic E-state index is 0.230. The summed E-state index contributed by atoms with van der Waals surface area (Å²) in [5, 5.41) is 2.88. The molecule has 6 heteroatoms. The van der Waals surface area contributed by atoms with Crippen molar-refractivity contribution in [1.82, 2.24) is 9.97 Å². The van der Waals surface area contributed by atoms with Crippen LogP contribution in [0.5, 0.6) is 0 Å². The van der Waals surface area contributed by atoms with Crippen LogP contribution < -0.4 is 10.2 Å². The first-order chi connectivity index (χ1) is 10.7. The summed E-state index contributed by atoms with van der Waals surface area (Å²) < 4.78 is 5.33. The van der Waals surface area contributed by atoms with Crippen molar-refractivity contribution in [1.29, 1.82) is 0 Å². The number of nitrogens with one attached hydrogen (secondary N) is 1. The van der Waals surface area contributed by atoms with E-state index in [9.17, 15) is 4.79 Å². The molecule has 0 atom stereocenters. The third-order valence-electron chi connectivity index (χ3n) is 3.61. The monoisotopic (exact) mass is 298 g/mol. The van der Waals surface area contributed by atoms with Crippen LogP contribution in [-0.4, -0.2) is 42.2 Å². The van der Waals surface area contributed by atoms with E-state index in [0.29, 0.717) is 18.9 Å². The smallest absolute Gasteiger partial charge is 0.274 e. The zero-order chi connectivity index (χ0) is 15.4. The number of aromatic nitrogens is 2. The van der Waals surface area contributed by atoms with E-state index >= 15 is 0 Å². The maximum Gasteiger partial charge on any atom is 0.274 e. The molecule has 3 rings (SSSR count). The van der Waals surface area contributed by atoms with Crippen LogP contribution in [0.3, 0.4) is 0 Å². The maximum absolute atomic E-state index is 12.4. The predicted molar refractivity (Wildman–Crippen MR) is 84.2 cm³/mol. The van der Waals surface area contributed by atoms with Gasteiger partial charge in [0.15, 0.2) is 0 Å². The standard InChI is InChI=1S/C16H18N4O2/c1-12-4-2-3-5-13(12)19-16(21)14-10-15(18-11-17-14)20-6-8-22-9-7-20/h2-5,10-11H,6-9H2,1H3,(H,19,21). The third-order valence-corrected chi connectivity index (χ3v) is 3.61. The highest BCUT2D eigenvalue weighted by molar-refractivity contribution is 6.03. The molecule has 0 spiro atoms. The van der Waals surface area contributed by atoms with E-state index in [4.69, 9.17) is 4.74 Å². The van der Waals surface area contributed by atoms with Crippen molar-refractivity contribution in [2.75, 3.05) is 36.5 Å². The fraction of sp³-hybridized carbons (Fsp3) is 0.312. The molecule has 1 aromatic carbocycles. The molecule has 2 heterocycles. The third kappa shape index (κ3) is 3.23. The Balaban J connectivity index is 1.76. The van der Waals surface area contributed by atoms with Gasteiger partial charge in [0, 0.05) is 24.8 Å². The SMILES string of the molecule is Cc1ccccc1NC(=O)c1cc(N2CCOCC2)ncn1. The van der Waals surface area contributed by atoms with Gasteiger partial charge in [0.25, 0.3) is 5.91 Å². The number of rotatable bonds is 3. The molecule has 1 amide bonds. The Morgan fingerprint density at radius 3 is 2.77 bits per heavy atom. The number of hydrogen-bond donors (Lipinski definition) is 1. The van der Waals surface area contributed by atoms with E-state index in [0.717, 1.165) is 30.2 Å². The lowest BCUT2D eigenvalue weighted by Crippen LogP contribution is -2.37. The Morgan fingerprint density at radius 2 is 2.00 bits per heavy atom. The molecule has 0 unspecified atom stereocenters. The summed E-state index contributed by atoms with van der Waals surface area (Å²) >= 11 is 0. The van der Waals surface area contributed by atoms with Gasteiger partial charge in [-0.25, -0.2) is 9.97 Å². The summed E-state index contributed by atoms with van der Waals surface area (Å²) in [6, 6.07) is 9.37. The topological polar surface area (TPSA) is 67.4 Å². The number of anilines is 2. The van der Waals surface area contributed by atoms with Crippen LogP contribution in [0.4, 0.5) is 11.5 Å². The first-order valence-electron chi connectivity index (χ1n) is 7.26. The molecule has 0 aliphatic carbocycles. The average Bonchev–Trinajstić information content (AvgIpc) is 2.58. The number of nitrogens with zero attached hydrogens (tertiary/aromatic N) is 3. The van der Waals surface area contributed by atoms with Gasteiger partial charge in [0.2, 0.25) is 0 Å². The van der Waals surface area contributed by atoms with Crippen LogP contribution in [-0.2, 0) is 4.74 Å². The summed E-state index contributed by atoms with van der Waals surface area (Å²) in [4.78, 5) is 22.8. The van der Waals surface area contributed by atoms with E-state index in [1.165, 1.54) is 6.33 Å². The zero-order valence-corrected chi connectivity index (χ0v) is 12.5. The van der Waals surface area contributed by atoms with Gasteiger partial charge >= 0.3 is 0 Å². The molecule has 2 aromatic rings. The number of morpholine rings is 1. The van der Waals surface area contributed by atoms with Gasteiger partial charge in [0.1, 0.15) is 17.8 Å². The van der Waals surface area contributed by atoms with Crippen molar-refractivity contribution < 1.29 is 9.53 Å². The predicted octanol–water partition coefficient (Wildman–Crippen LogP) is 1.87. The van der Waals surface area contributed by atoms with Crippen molar-refractivity contribution in [3.8, 4) is 0 Å². The van der Waals surface area contributed by atoms with Crippen LogP contribution in [0.15, 0.2) is 36.7 Å². The van der Waals surface area contributed by atoms with E-state index < -0.39 is 0 Å². The normalized spacial score (nSPS) is 14.7. The van der Waals surface area contributed by atoms with Crippen molar-refractivity contribution in [2.45, 2.75) is 6.92 Å². The molecule has 22 heavy (non-hydrogen) atoms. The number of para-hydroxylation sites is 1. The molecule has 1 aliphatic rings. The summed E-state index contributed by atoms with van der Waals surface area (Å²) in [6.45, 7) is 4.85. The van der Waals surface area contributed by atoms with Crippen LogP contribution in [0, 0.1) is 6.92 Å². The summed E-state index contributed by atoms with van der Waals surface area (Å²) in [5.41, 5.74) is 2.16. The van der Waals surface area contributed by atoms with Crippen LogP contribution in [0.25, 0.3) is 0 Å². The highest BCUT2D eigenvalue weighted by Gasteiger charge is 2.15. The Kier molecular flexibility index (Phi) is 4.29. The van der Waals surface area contributed by atoms with E-state index in [1.807, 2.05) is 31.2 Å². The number of carbonyl (C=O) groups is 1. The second kappa shape index (κ2) is 6.53. The maximum atomic E-state index is 12.4. The van der Waals surface area contributed by atoms with E-state index in [1.54, 1.807) is 6.07 Å². The van der Waals surface area contributed by atoms with Gasteiger partial charge < -0.3 is 15.0 Å². The molecule has 1 fully saturated rings. The number of ether oxygens (including phenoxy) is 1. The van der Waals surface area contributed by atoms with Gasteiger partial charge in [-0.2, -0.15) is 0 Å². The van der Waals surface area contributed by atoms with Gasteiger partial charge in [0.05, 0.1) is 13.2 Å². The highest BCUT2D eigenvalue weighted by atomic mass is 16.5. The van der Waals surface area contributed by atoms with E-state index in [2.05, 4.69) is 20.2 Å². The second-order valence-electron chi connectivity index (χ2n) is 5.13. The average molecular weight is 298 g/mol. The number of amides is 1. The summed E-state index contributed by atoms with van der Waals surface area (Å²) in [6.07, 6.45) is 1.43. The van der Waals surface area contributed by atoms with Gasteiger partial charge in [-0.1, -0.05) is 18.2 Å². The Labute approximate surface area is 129 Å². The molecular weight excluding hydrogens is 280 g/mol. The Bertz CT molecular complexity index is 669. The number of benzene rings is 1. The highest BCUT2D eigenvalue weighted by Crippen LogP contribution is 2.16. The van der Waals surface area contributed by atoms with Gasteiger partial charge in [-0.05, 0) is 18.6 Å². The molecule has 0 radical (unpaired) electrons. The molecule has 114 valence electrons. The first kappa shape index (κ1) is 14.5. The molecule has 0 bridgehead atoms. The van der Waals surface area contributed by atoms with Gasteiger partial charge in [-0.3, -0.25) is 4.79 Å². The number of aryl methyl sites for hydroxylation is 1. The molecule has 0 saturated carbocycles. The number of hydrogen-bond acceptors (Lipinski definition) is 5. The first-order valence-corrected chi connectivity index (χ1v) is 7.26. The minimum Gasteiger partial charge on any atom is -0.378 e. The molecule has 1 aliphatic heterocycles. The quantitative estimate of drug-likeness (QED) is 0.937. The summed E-state index contributed by atoms with van der Waals surface area (Å²) in [7, 11) is 0. The Hall–Kier alpha value is -2.47. The van der Waals surface area contributed by atoms with E-state index in [-0.39, 0.29) is 5.91 Å².